The number of amides is 3. The minimum absolute atomic E-state index is 0.0625. The number of benzene rings is 1. The van der Waals surface area contributed by atoms with Crippen LogP contribution in [-0.2, 0) is 33.3 Å². The van der Waals surface area contributed by atoms with Gasteiger partial charge in [0, 0.05) is 31.3 Å². The van der Waals surface area contributed by atoms with E-state index in [4.69, 9.17) is 18.9 Å². The quantitative estimate of drug-likeness (QED) is 0.122. The molecule has 1 aromatic carbocycles. The number of imide groups is 1. The third kappa shape index (κ3) is 10.5. The Morgan fingerprint density at radius 3 is 2.34 bits per heavy atom. The first-order valence-electron chi connectivity index (χ1n) is 14.3. The number of carbonyl (C=O) groups is 5. The van der Waals surface area contributed by atoms with Crippen molar-refractivity contribution in [2.24, 2.45) is 0 Å². The van der Waals surface area contributed by atoms with Crippen molar-refractivity contribution >= 4 is 35.7 Å². The lowest BCUT2D eigenvalue weighted by Gasteiger charge is -2.30. The normalized spacial score (nSPS) is 17.5. The molecule has 41 heavy (non-hydrogen) atoms. The summed E-state index contributed by atoms with van der Waals surface area (Å²) in [7, 11) is 1.48. The minimum Gasteiger partial charge on any atom is -0.462 e. The number of ether oxygens (including phenoxy) is 4. The second-order valence-electron chi connectivity index (χ2n) is 10.0. The molecule has 2 aliphatic rings. The number of hydrogen-bond acceptors (Lipinski definition) is 10. The van der Waals surface area contributed by atoms with Crippen LogP contribution in [0.15, 0.2) is 18.2 Å². The fourth-order valence-electron chi connectivity index (χ4n) is 4.81. The summed E-state index contributed by atoms with van der Waals surface area (Å²) in [5, 5.41) is 5.36. The average molecular weight is 576 g/mol. The van der Waals surface area contributed by atoms with Gasteiger partial charge in [-0.3, -0.25) is 29.3 Å². The SMILES string of the molecule is CN(C(=O)c1c(C=O)cccc1NCCOCCOCCOCCC(=O)OC1CCCCC1)C1CCC(=O)NC1=O. The number of hydrogen-bond donors (Lipinski definition) is 2. The lowest BCUT2D eigenvalue weighted by atomic mass is 9.98. The maximum atomic E-state index is 13.3. The number of piperidine rings is 1. The molecule has 2 N–H and O–H groups in total. The summed E-state index contributed by atoms with van der Waals surface area (Å²) in [6.07, 6.45) is 6.62. The molecule has 1 aliphatic heterocycles. The summed E-state index contributed by atoms with van der Waals surface area (Å²) in [5.41, 5.74) is 0.787. The summed E-state index contributed by atoms with van der Waals surface area (Å²) in [6, 6.07) is 4.07. The Morgan fingerprint density at radius 1 is 0.976 bits per heavy atom. The Hall–Kier alpha value is -3.35. The highest BCUT2D eigenvalue weighted by atomic mass is 16.6. The van der Waals surface area contributed by atoms with Crippen LogP contribution in [0.2, 0.25) is 0 Å². The molecular formula is C29H41N3O9. The van der Waals surface area contributed by atoms with Gasteiger partial charge in [0.15, 0.2) is 6.29 Å². The summed E-state index contributed by atoms with van der Waals surface area (Å²) >= 11 is 0. The molecular weight excluding hydrogens is 534 g/mol. The number of aldehydes is 1. The van der Waals surface area contributed by atoms with Crippen molar-refractivity contribution in [3.8, 4) is 0 Å². The molecule has 0 aromatic heterocycles. The van der Waals surface area contributed by atoms with Crippen molar-refractivity contribution in [2.75, 3.05) is 58.6 Å². The number of anilines is 1. The molecule has 1 saturated heterocycles. The summed E-state index contributed by atoms with van der Waals surface area (Å²) < 4.78 is 21.9. The van der Waals surface area contributed by atoms with Gasteiger partial charge in [0.25, 0.3) is 5.91 Å². The molecule has 3 rings (SSSR count). The number of rotatable bonds is 17. The zero-order valence-electron chi connectivity index (χ0n) is 23.7. The number of esters is 1. The fourth-order valence-corrected chi connectivity index (χ4v) is 4.81. The minimum atomic E-state index is -0.802. The van der Waals surface area contributed by atoms with Crippen molar-refractivity contribution in [1.82, 2.24) is 10.2 Å². The second-order valence-corrected chi connectivity index (χ2v) is 10.0. The summed E-state index contributed by atoms with van der Waals surface area (Å²) in [6.45, 7) is 2.47. The molecule has 1 unspecified atom stereocenters. The molecule has 1 aromatic rings. The lowest BCUT2D eigenvalue weighted by Crippen LogP contribution is -2.53. The summed E-state index contributed by atoms with van der Waals surface area (Å²) in [4.78, 5) is 61.7. The topological polar surface area (TPSA) is 150 Å². The van der Waals surface area contributed by atoms with Gasteiger partial charge in [-0.05, 0) is 38.2 Å². The predicted octanol–water partition coefficient (Wildman–Crippen LogP) is 2.10. The Bertz CT molecular complexity index is 1040. The van der Waals surface area contributed by atoms with Gasteiger partial charge >= 0.3 is 5.97 Å². The standard InChI is InChI=1S/C29H41N3O9/c1-32(24-10-11-25(34)31-28(24)36)29(37)27-21(20-33)6-5-9-23(27)30-13-15-39-17-19-40-18-16-38-14-12-26(35)41-22-7-3-2-4-8-22/h5-6,9,20,22,24,30H,2-4,7-8,10-19H2,1H3,(H,31,34,36). The molecule has 0 radical (unpaired) electrons. The molecule has 0 spiro atoms. The highest BCUT2D eigenvalue weighted by Crippen LogP contribution is 2.23. The first-order valence-corrected chi connectivity index (χ1v) is 14.3. The highest BCUT2D eigenvalue weighted by molar-refractivity contribution is 6.08. The molecule has 1 aliphatic carbocycles. The van der Waals surface area contributed by atoms with Gasteiger partial charge in [-0.15, -0.1) is 0 Å². The molecule has 0 bridgehead atoms. The van der Waals surface area contributed by atoms with Gasteiger partial charge in [0.1, 0.15) is 12.1 Å². The molecule has 12 nitrogen and oxygen atoms in total. The van der Waals surface area contributed by atoms with Crippen molar-refractivity contribution in [3.05, 3.63) is 29.3 Å². The van der Waals surface area contributed by atoms with Gasteiger partial charge in [-0.2, -0.15) is 0 Å². The number of carbonyl (C=O) groups excluding carboxylic acids is 5. The lowest BCUT2D eigenvalue weighted by molar-refractivity contribution is -0.151. The van der Waals surface area contributed by atoms with Gasteiger partial charge < -0.3 is 29.2 Å². The van der Waals surface area contributed by atoms with E-state index in [1.807, 2.05) is 0 Å². The van der Waals surface area contributed by atoms with Gasteiger partial charge in [0.05, 0.1) is 51.6 Å². The van der Waals surface area contributed by atoms with E-state index in [0.29, 0.717) is 58.2 Å². The van der Waals surface area contributed by atoms with E-state index in [1.165, 1.54) is 24.4 Å². The van der Waals surface area contributed by atoms with Crippen LogP contribution in [0, 0.1) is 0 Å². The Labute approximate surface area is 240 Å². The Morgan fingerprint density at radius 2 is 1.66 bits per heavy atom. The van der Waals surface area contributed by atoms with Crippen molar-refractivity contribution in [3.63, 3.8) is 0 Å². The van der Waals surface area contributed by atoms with Gasteiger partial charge in [-0.1, -0.05) is 18.6 Å². The Kier molecular flexibility index (Phi) is 13.7. The first-order chi connectivity index (χ1) is 19.9. The maximum absolute atomic E-state index is 13.3. The first kappa shape index (κ1) is 32.2. The molecule has 3 amide bonds. The predicted molar refractivity (Wildman–Crippen MR) is 149 cm³/mol. The van der Waals surface area contributed by atoms with Crippen molar-refractivity contribution < 1.29 is 42.9 Å². The van der Waals surface area contributed by atoms with Crippen LogP contribution < -0.4 is 10.6 Å². The molecule has 1 atom stereocenters. The molecule has 2 fully saturated rings. The molecule has 226 valence electrons. The van der Waals surface area contributed by atoms with Crippen LogP contribution in [0.25, 0.3) is 0 Å². The fraction of sp³-hybridized carbons (Fsp3) is 0.621. The molecule has 1 heterocycles. The van der Waals surface area contributed by atoms with E-state index >= 15 is 0 Å². The van der Waals surface area contributed by atoms with Gasteiger partial charge in [0.2, 0.25) is 11.8 Å². The largest absolute Gasteiger partial charge is 0.462 e. The molecule has 12 heteroatoms. The number of nitrogens with zero attached hydrogens (tertiary/aromatic N) is 1. The van der Waals surface area contributed by atoms with Crippen LogP contribution in [0.3, 0.4) is 0 Å². The van der Waals surface area contributed by atoms with Crippen LogP contribution in [0.1, 0.15) is 72.1 Å². The van der Waals surface area contributed by atoms with E-state index in [0.717, 1.165) is 25.7 Å². The third-order valence-corrected chi connectivity index (χ3v) is 7.04. The third-order valence-electron chi connectivity index (χ3n) is 7.04. The second kappa shape index (κ2) is 17.5. The zero-order valence-corrected chi connectivity index (χ0v) is 23.7. The van der Waals surface area contributed by atoms with Crippen molar-refractivity contribution in [1.29, 1.82) is 0 Å². The van der Waals surface area contributed by atoms with E-state index in [9.17, 15) is 24.0 Å². The van der Waals surface area contributed by atoms with Crippen LogP contribution in [0.4, 0.5) is 5.69 Å². The highest BCUT2D eigenvalue weighted by Gasteiger charge is 2.34. The Balaban J connectivity index is 1.29. The van der Waals surface area contributed by atoms with Crippen molar-refractivity contribution in [2.45, 2.75) is 63.5 Å². The van der Waals surface area contributed by atoms with Crippen LogP contribution in [0.5, 0.6) is 0 Å². The van der Waals surface area contributed by atoms with E-state index in [2.05, 4.69) is 10.6 Å². The van der Waals surface area contributed by atoms with E-state index in [-0.39, 0.29) is 48.4 Å². The number of likely N-dealkylation sites (N-methyl/N-ethyl adjacent to an activating group) is 1. The van der Waals surface area contributed by atoms with E-state index in [1.54, 1.807) is 12.1 Å². The maximum Gasteiger partial charge on any atom is 0.308 e. The van der Waals surface area contributed by atoms with E-state index < -0.39 is 17.9 Å². The van der Waals surface area contributed by atoms with Crippen LogP contribution >= 0.6 is 0 Å². The monoisotopic (exact) mass is 575 g/mol. The molecule has 1 saturated carbocycles. The van der Waals surface area contributed by atoms with Gasteiger partial charge in [-0.25, -0.2) is 0 Å². The summed E-state index contributed by atoms with van der Waals surface area (Å²) in [5.74, 6) is -1.62. The average Bonchev–Trinajstić information content (AvgIpc) is 2.97. The van der Waals surface area contributed by atoms with Crippen LogP contribution in [-0.4, -0.2) is 100 Å². The smallest absolute Gasteiger partial charge is 0.308 e. The number of nitrogens with one attached hydrogen (secondary N) is 2. The zero-order chi connectivity index (χ0) is 29.5.